The van der Waals surface area contributed by atoms with Crippen LogP contribution in [0.4, 0.5) is 5.69 Å². The van der Waals surface area contributed by atoms with Crippen LogP contribution in [0, 0.1) is 0 Å². The molecule has 0 fully saturated rings. The lowest BCUT2D eigenvalue weighted by Gasteiger charge is -2.11. The van der Waals surface area contributed by atoms with Crippen LogP contribution in [-0.2, 0) is 24.2 Å². The third-order valence-electron chi connectivity index (χ3n) is 6.13. The average molecular weight is 467 g/mol. The van der Waals surface area contributed by atoms with E-state index in [1.807, 2.05) is 41.0 Å². The predicted octanol–water partition coefficient (Wildman–Crippen LogP) is 5.57. The van der Waals surface area contributed by atoms with Gasteiger partial charge in [0.2, 0.25) is 11.7 Å². The molecular weight excluding hydrogens is 444 g/mol. The number of thioether (sulfide) groups is 1. The number of carbonyl (C=O) groups excluding carboxylic acids is 1. The molecule has 0 saturated heterocycles. The smallest absolute Gasteiger partial charge is 0.234 e. The van der Waals surface area contributed by atoms with Crippen molar-refractivity contribution in [2.75, 3.05) is 11.1 Å². The van der Waals surface area contributed by atoms with E-state index in [9.17, 15) is 4.79 Å². The van der Waals surface area contributed by atoms with Crippen molar-refractivity contribution in [2.45, 2.75) is 24.5 Å². The summed E-state index contributed by atoms with van der Waals surface area (Å²) in [6.07, 6.45) is 3.75. The molecule has 1 aliphatic rings. The fraction of sp³-hybridized carbons (Fsp3) is 0.148. The largest absolute Gasteiger partial charge is 0.461 e. The van der Waals surface area contributed by atoms with E-state index in [4.69, 9.17) is 4.42 Å². The first-order valence-corrected chi connectivity index (χ1v) is 12.2. The maximum Gasteiger partial charge on any atom is 0.234 e. The predicted molar refractivity (Wildman–Crippen MR) is 134 cm³/mol. The van der Waals surface area contributed by atoms with Gasteiger partial charge in [0.05, 0.1) is 18.6 Å². The van der Waals surface area contributed by atoms with Crippen molar-refractivity contribution in [1.82, 2.24) is 14.8 Å². The number of carbonyl (C=O) groups is 1. The molecule has 168 valence electrons. The van der Waals surface area contributed by atoms with E-state index < -0.39 is 0 Å². The number of nitrogens with zero attached hydrogens (tertiary/aromatic N) is 3. The molecule has 0 saturated carbocycles. The molecule has 7 heteroatoms. The van der Waals surface area contributed by atoms with Gasteiger partial charge in [0.15, 0.2) is 10.9 Å². The summed E-state index contributed by atoms with van der Waals surface area (Å²) < 4.78 is 7.56. The van der Waals surface area contributed by atoms with Crippen molar-refractivity contribution in [2.24, 2.45) is 0 Å². The van der Waals surface area contributed by atoms with Gasteiger partial charge in [-0.15, -0.1) is 10.2 Å². The highest BCUT2D eigenvalue weighted by Gasteiger charge is 2.19. The molecule has 1 amide bonds. The number of hydrogen-bond acceptors (Lipinski definition) is 5. The SMILES string of the molecule is O=C(CSc1nnc(-c2ccco2)n1Cc1ccccc1)Nc1ccc2c3c(cccc13)CC2. The second-order valence-electron chi connectivity index (χ2n) is 8.30. The molecule has 0 spiro atoms. The summed E-state index contributed by atoms with van der Waals surface area (Å²) in [7, 11) is 0. The van der Waals surface area contributed by atoms with Gasteiger partial charge in [-0.1, -0.05) is 66.4 Å². The second kappa shape index (κ2) is 8.83. The molecule has 5 aromatic rings. The Bertz CT molecular complexity index is 1470. The lowest BCUT2D eigenvalue weighted by molar-refractivity contribution is -0.113. The maximum absolute atomic E-state index is 12.9. The molecule has 0 atom stereocenters. The number of furan rings is 1. The van der Waals surface area contributed by atoms with E-state index in [0.717, 1.165) is 29.5 Å². The third kappa shape index (κ3) is 3.88. The van der Waals surface area contributed by atoms with Gasteiger partial charge in [0, 0.05) is 11.1 Å². The fourth-order valence-corrected chi connectivity index (χ4v) is 5.30. The Morgan fingerprint density at radius 3 is 2.62 bits per heavy atom. The number of hydrogen-bond donors (Lipinski definition) is 1. The van der Waals surface area contributed by atoms with Gasteiger partial charge in [0.1, 0.15) is 0 Å². The molecule has 2 heterocycles. The minimum absolute atomic E-state index is 0.0718. The summed E-state index contributed by atoms with van der Waals surface area (Å²) in [6, 6.07) is 24.3. The number of aromatic nitrogens is 3. The summed E-state index contributed by atoms with van der Waals surface area (Å²) in [6.45, 7) is 0.586. The van der Waals surface area contributed by atoms with E-state index in [1.165, 1.54) is 28.3 Å². The molecule has 2 aromatic heterocycles. The number of nitrogens with one attached hydrogen (secondary N) is 1. The van der Waals surface area contributed by atoms with Crippen molar-refractivity contribution in [1.29, 1.82) is 0 Å². The van der Waals surface area contributed by atoms with E-state index >= 15 is 0 Å². The molecule has 1 aliphatic carbocycles. The standard InChI is InChI=1S/C27H22N4O2S/c32-24(28-22-14-13-20-12-11-19-8-4-9-21(22)25(19)20)17-34-27-30-29-26(23-10-5-15-33-23)31(27)16-18-6-2-1-3-7-18/h1-10,13-15H,11-12,16-17H2,(H,28,32). The quantitative estimate of drug-likeness (QED) is 0.318. The van der Waals surface area contributed by atoms with Crippen molar-refractivity contribution >= 4 is 34.1 Å². The minimum atomic E-state index is -0.0718. The minimum Gasteiger partial charge on any atom is -0.461 e. The van der Waals surface area contributed by atoms with Crippen LogP contribution >= 0.6 is 11.8 Å². The van der Waals surface area contributed by atoms with Crippen LogP contribution in [0.3, 0.4) is 0 Å². The van der Waals surface area contributed by atoms with E-state index in [0.29, 0.717) is 23.3 Å². The molecule has 6 rings (SSSR count). The average Bonchev–Trinajstić information content (AvgIpc) is 3.61. The summed E-state index contributed by atoms with van der Waals surface area (Å²) in [5, 5.41) is 14.9. The normalized spacial score (nSPS) is 12.4. The van der Waals surface area contributed by atoms with Gasteiger partial charge in [-0.3, -0.25) is 9.36 Å². The molecule has 0 radical (unpaired) electrons. The van der Waals surface area contributed by atoms with Crippen molar-refractivity contribution < 1.29 is 9.21 Å². The van der Waals surface area contributed by atoms with Crippen LogP contribution in [0.15, 0.2) is 88.6 Å². The maximum atomic E-state index is 12.9. The lowest BCUT2D eigenvalue weighted by Crippen LogP contribution is -2.15. The molecule has 6 nitrogen and oxygen atoms in total. The highest BCUT2D eigenvalue weighted by molar-refractivity contribution is 7.99. The Labute approximate surface area is 201 Å². The number of rotatable bonds is 7. The first-order chi connectivity index (χ1) is 16.8. The highest BCUT2D eigenvalue weighted by atomic mass is 32.2. The van der Waals surface area contributed by atoms with Gasteiger partial charge in [-0.25, -0.2) is 0 Å². The van der Waals surface area contributed by atoms with Crippen molar-refractivity contribution in [3.8, 4) is 11.6 Å². The molecule has 34 heavy (non-hydrogen) atoms. The third-order valence-corrected chi connectivity index (χ3v) is 7.09. The number of aryl methyl sites for hydroxylation is 2. The van der Waals surface area contributed by atoms with Gasteiger partial charge >= 0.3 is 0 Å². The summed E-state index contributed by atoms with van der Waals surface area (Å²) in [4.78, 5) is 12.9. The molecule has 3 aromatic carbocycles. The summed E-state index contributed by atoms with van der Waals surface area (Å²) in [5.74, 6) is 1.45. The van der Waals surface area contributed by atoms with Crippen molar-refractivity contribution in [3.63, 3.8) is 0 Å². The zero-order valence-electron chi connectivity index (χ0n) is 18.4. The van der Waals surface area contributed by atoms with Gasteiger partial charge in [-0.2, -0.15) is 0 Å². The van der Waals surface area contributed by atoms with E-state index in [2.05, 4.69) is 51.9 Å². The van der Waals surface area contributed by atoms with Crippen LogP contribution in [0.25, 0.3) is 22.4 Å². The lowest BCUT2D eigenvalue weighted by atomic mass is 10.0. The van der Waals surface area contributed by atoms with Crippen LogP contribution < -0.4 is 5.32 Å². The summed E-state index contributed by atoms with van der Waals surface area (Å²) in [5.41, 5.74) is 4.69. The monoisotopic (exact) mass is 466 g/mol. The highest BCUT2D eigenvalue weighted by Crippen LogP contribution is 2.35. The van der Waals surface area contributed by atoms with E-state index in [1.54, 1.807) is 6.26 Å². The Morgan fingerprint density at radius 1 is 0.941 bits per heavy atom. The molecule has 1 N–H and O–H groups in total. The van der Waals surface area contributed by atoms with E-state index in [-0.39, 0.29) is 11.7 Å². The van der Waals surface area contributed by atoms with Crippen LogP contribution in [0.1, 0.15) is 16.7 Å². The van der Waals surface area contributed by atoms with Crippen LogP contribution in [0.5, 0.6) is 0 Å². The Balaban J connectivity index is 1.22. The second-order valence-corrected chi connectivity index (χ2v) is 9.25. The van der Waals surface area contributed by atoms with Gasteiger partial charge in [0.25, 0.3) is 0 Å². The first kappa shape index (κ1) is 20.7. The van der Waals surface area contributed by atoms with Crippen LogP contribution in [0.2, 0.25) is 0 Å². The first-order valence-electron chi connectivity index (χ1n) is 11.2. The van der Waals surface area contributed by atoms with Gasteiger partial charge in [-0.05, 0) is 53.1 Å². The topological polar surface area (TPSA) is 73.0 Å². The van der Waals surface area contributed by atoms with Gasteiger partial charge < -0.3 is 9.73 Å². The fourth-order valence-electron chi connectivity index (χ4n) is 4.56. The van der Waals surface area contributed by atoms with Crippen LogP contribution in [-0.4, -0.2) is 26.4 Å². The zero-order chi connectivity index (χ0) is 22.9. The molecule has 0 bridgehead atoms. The summed E-state index contributed by atoms with van der Waals surface area (Å²) >= 11 is 1.37. The Kier molecular flexibility index (Phi) is 5.39. The Morgan fingerprint density at radius 2 is 1.79 bits per heavy atom. The number of anilines is 1. The number of benzene rings is 3. The Hall–Kier alpha value is -3.84. The molecular formula is C27H22N4O2S. The number of amides is 1. The zero-order valence-corrected chi connectivity index (χ0v) is 19.2. The van der Waals surface area contributed by atoms with Crippen molar-refractivity contribution in [3.05, 3.63) is 95.7 Å². The molecule has 0 aliphatic heterocycles. The molecule has 0 unspecified atom stereocenters.